The Labute approximate surface area is 143 Å². The first-order chi connectivity index (χ1) is 10.6. The zero-order chi connectivity index (χ0) is 15.9. The Morgan fingerprint density at radius 2 is 2.23 bits per heavy atom. The van der Waals surface area contributed by atoms with Crippen LogP contribution in [0.25, 0.3) is 0 Å². The third-order valence-corrected chi connectivity index (χ3v) is 4.67. The van der Waals surface area contributed by atoms with Crippen molar-refractivity contribution in [1.29, 1.82) is 0 Å². The van der Waals surface area contributed by atoms with Crippen LogP contribution >= 0.6 is 27.3 Å². The molecule has 1 aromatic carbocycles. The summed E-state index contributed by atoms with van der Waals surface area (Å²) in [5.41, 5.74) is 1.04. The second-order valence-corrected chi connectivity index (χ2v) is 7.17. The van der Waals surface area contributed by atoms with Crippen LogP contribution in [0, 0.1) is 6.92 Å². The molecule has 0 saturated heterocycles. The molecule has 1 unspecified atom stereocenters. The van der Waals surface area contributed by atoms with Gasteiger partial charge in [0.05, 0.1) is 13.0 Å². The number of benzene rings is 1. The van der Waals surface area contributed by atoms with Crippen molar-refractivity contribution in [3.63, 3.8) is 0 Å². The van der Waals surface area contributed by atoms with Crippen molar-refractivity contribution in [3.05, 3.63) is 44.3 Å². The average molecular weight is 383 g/mol. The van der Waals surface area contributed by atoms with E-state index < -0.39 is 0 Å². The monoisotopic (exact) mass is 382 g/mol. The maximum Gasteiger partial charge on any atom is 0.306 e. The largest absolute Gasteiger partial charge is 0.466 e. The van der Waals surface area contributed by atoms with Crippen LogP contribution in [0.3, 0.4) is 0 Å². The molecule has 0 bridgehead atoms. The minimum Gasteiger partial charge on any atom is -0.466 e. The van der Waals surface area contributed by atoms with Crippen LogP contribution in [0.1, 0.15) is 47.7 Å². The van der Waals surface area contributed by atoms with Gasteiger partial charge in [-0.25, -0.2) is 0 Å². The number of aromatic nitrogens is 2. The minimum atomic E-state index is -0.189. The summed E-state index contributed by atoms with van der Waals surface area (Å²) in [4.78, 5) is 12.1. The number of nitrogens with zero attached hydrogens (tertiary/aromatic N) is 2. The van der Waals surface area contributed by atoms with Crippen molar-refractivity contribution in [2.24, 2.45) is 0 Å². The molecule has 0 aliphatic carbocycles. The number of rotatable bonds is 7. The van der Waals surface area contributed by atoms with Crippen LogP contribution in [-0.2, 0) is 9.53 Å². The number of hydrogen-bond acceptors (Lipinski definition) is 5. The van der Waals surface area contributed by atoms with Crippen LogP contribution in [0.2, 0.25) is 0 Å². The lowest BCUT2D eigenvalue weighted by molar-refractivity contribution is -0.144. The first-order valence-corrected chi connectivity index (χ1v) is 8.92. The van der Waals surface area contributed by atoms with Crippen molar-refractivity contribution in [2.75, 3.05) is 6.61 Å². The summed E-state index contributed by atoms with van der Waals surface area (Å²) >= 11 is 5.00. The van der Waals surface area contributed by atoms with E-state index in [1.54, 1.807) is 0 Å². The molecule has 1 heterocycles. The van der Waals surface area contributed by atoms with E-state index in [9.17, 15) is 4.79 Å². The molecule has 22 heavy (non-hydrogen) atoms. The van der Waals surface area contributed by atoms with Gasteiger partial charge in [0, 0.05) is 10.4 Å². The topological polar surface area (TPSA) is 52.1 Å². The number of unbranched alkanes of at least 4 members (excludes halogenated alkanes) is 1. The standard InChI is InChI=1S/C16H19BrN2O2S/c1-3-4-8-21-15(20)10-14(16-19-18-11(2)22-16)12-6-5-7-13(17)9-12/h5-7,9,14H,3-4,8,10H2,1-2H3. The summed E-state index contributed by atoms with van der Waals surface area (Å²) in [6, 6.07) is 7.94. The molecule has 0 radical (unpaired) electrons. The minimum absolute atomic E-state index is 0.113. The number of carbonyl (C=O) groups excluding carboxylic acids is 1. The van der Waals surface area contributed by atoms with Crippen LogP contribution in [0.5, 0.6) is 0 Å². The lowest BCUT2D eigenvalue weighted by atomic mass is 9.96. The van der Waals surface area contributed by atoms with Crippen LogP contribution in [0.4, 0.5) is 0 Å². The van der Waals surface area contributed by atoms with E-state index in [0.717, 1.165) is 32.9 Å². The van der Waals surface area contributed by atoms with Gasteiger partial charge < -0.3 is 4.74 Å². The van der Waals surface area contributed by atoms with E-state index in [1.165, 1.54) is 11.3 Å². The van der Waals surface area contributed by atoms with Gasteiger partial charge in [0.25, 0.3) is 0 Å². The van der Waals surface area contributed by atoms with Crippen molar-refractivity contribution in [1.82, 2.24) is 10.2 Å². The predicted octanol–water partition coefficient (Wildman–Crippen LogP) is 4.47. The molecule has 0 N–H and O–H groups in total. The van der Waals surface area contributed by atoms with Crippen LogP contribution in [0.15, 0.2) is 28.7 Å². The molecule has 0 aliphatic rings. The van der Waals surface area contributed by atoms with Gasteiger partial charge in [-0.2, -0.15) is 0 Å². The van der Waals surface area contributed by atoms with Crippen molar-refractivity contribution < 1.29 is 9.53 Å². The summed E-state index contributed by atoms with van der Waals surface area (Å²) in [7, 11) is 0. The van der Waals surface area contributed by atoms with Gasteiger partial charge in [0.15, 0.2) is 0 Å². The van der Waals surface area contributed by atoms with Crippen molar-refractivity contribution >= 4 is 33.2 Å². The molecule has 1 aromatic heterocycles. The van der Waals surface area contributed by atoms with E-state index in [4.69, 9.17) is 4.74 Å². The van der Waals surface area contributed by atoms with E-state index in [0.29, 0.717) is 6.61 Å². The fraction of sp³-hybridized carbons (Fsp3) is 0.438. The fourth-order valence-corrected chi connectivity index (χ4v) is 3.32. The molecule has 6 heteroatoms. The highest BCUT2D eigenvalue weighted by Gasteiger charge is 2.23. The Hall–Kier alpha value is -1.27. The lowest BCUT2D eigenvalue weighted by Crippen LogP contribution is -2.12. The first kappa shape index (κ1) is 17.1. The van der Waals surface area contributed by atoms with Gasteiger partial charge in [-0.3, -0.25) is 4.79 Å². The molecular formula is C16H19BrN2O2S. The van der Waals surface area contributed by atoms with Crippen molar-refractivity contribution in [2.45, 2.75) is 39.0 Å². The molecule has 1 atom stereocenters. The second kappa shape index (κ2) is 8.39. The van der Waals surface area contributed by atoms with Gasteiger partial charge >= 0.3 is 5.97 Å². The number of aryl methyl sites for hydroxylation is 1. The molecule has 0 aliphatic heterocycles. The summed E-state index contributed by atoms with van der Waals surface area (Å²) in [6.45, 7) is 4.47. The summed E-state index contributed by atoms with van der Waals surface area (Å²) < 4.78 is 6.28. The van der Waals surface area contributed by atoms with Gasteiger partial charge in [-0.05, 0) is 31.0 Å². The Balaban J connectivity index is 2.17. The summed E-state index contributed by atoms with van der Waals surface area (Å²) in [6.07, 6.45) is 2.19. The molecule has 2 aromatic rings. The molecule has 2 rings (SSSR count). The highest BCUT2D eigenvalue weighted by atomic mass is 79.9. The lowest BCUT2D eigenvalue weighted by Gasteiger charge is -2.14. The Kier molecular flexibility index (Phi) is 6.51. The third-order valence-electron chi connectivity index (χ3n) is 3.22. The quantitative estimate of drug-likeness (QED) is 0.523. The maximum absolute atomic E-state index is 12.1. The van der Waals surface area contributed by atoms with E-state index in [1.807, 2.05) is 31.2 Å². The van der Waals surface area contributed by atoms with Gasteiger partial charge in [-0.15, -0.1) is 21.5 Å². The van der Waals surface area contributed by atoms with Gasteiger partial charge in [0.2, 0.25) is 0 Å². The number of ether oxygens (including phenoxy) is 1. The zero-order valence-electron chi connectivity index (χ0n) is 12.7. The number of hydrogen-bond donors (Lipinski definition) is 0. The fourth-order valence-electron chi connectivity index (χ4n) is 2.08. The molecule has 0 fully saturated rings. The highest BCUT2D eigenvalue weighted by molar-refractivity contribution is 9.10. The Morgan fingerprint density at radius 1 is 1.41 bits per heavy atom. The molecule has 0 spiro atoms. The van der Waals surface area contributed by atoms with E-state index in [-0.39, 0.29) is 18.3 Å². The molecular weight excluding hydrogens is 364 g/mol. The Morgan fingerprint density at radius 3 is 2.86 bits per heavy atom. The highest BCUT2D eigenvalue weighted by Crippen LogP contribution is 2.31. The van der Waals surface area contributed by atoms with Crippen LogP contribution in [-0.4, -0.2) is 22.8 Å². The summed E-state index contributed by atoms with van der Waals surface area (Å²) in [5.74, 6) is -0.302. The second-order valence-electron chi connectivity index (χ2n) is 5.05. The molecule has 0 amide bonds. The SMILES string of the molecule is CCCCOC(=O)CC(c1cccc(Br)c1)c1nnc(C)s1. The number of carbonyl (C=O) groups is 1. The predicted molar refractivity (Wildman–Crippen MR) is 91.1 cm³/mol. The van der Waals surface area contributed by atoms with E-state index in [2.05, 4.69) is 33.1 Å². The average Bonchev–Trinajstić information content (AvgIpc) is 2.91. The maximum atomic E-state index is 12.1. The smallest absolute Gasteiger partial charge is 0.306 e. The normalized spacial score (nSPS) is 12.1. The van der Waals surface area contributed by atoms with Gasteiger partial charge in [0.1, 0.15) is 10.0 Å². The Bertz CT molecular complexity index is 630. The van der Waals surface area contributed by atoms with Gasteiger partial charge in [-0.1, -0.05) is 41.4 Å². The zero-order valence-corrected chi connectivity index (χ0v) is 15.1. The first-order valence-electron chi connectivity index (χ1n) is 7.31. The van der Waals surface area contributed by atoms with E-state index >= 15 is 0 Å². The molecule has 4 nitrogen and oxygen atoms in total. The van der Waals surface area contributed by atoms with Crippen LogP contribution < -0.4 is 0 Å². The molecule has 0 saturated carbocycles. The number of esters is 1. The van der Waals surface area contributed by atoms with Crippen molar-refractivity contribution in [3.8, 4) is 0 Å². The third kappa shape index (κ3) is 4.88. The summed E-state index contributed by atoms with van der Waals surface area (Å²) in [5, 5.41) is 10.0. The number of halogens is 1. The molecule has 118 valence electrons.